The Labute approximate surface area is 105 Å². The highest BCUT2D eigenvalue weighted by molar-refractivity contribution is 6.36. The number of halogens is 2. The summed E-state index contributed by atoms with van der Waals surface area (Å²) < 4.78 is 0. The molecule has 0 aliphatic heterocycles. The van der Waals surface area contributed by atoms with Crippen LogP contribution in [0.1, 0.15) is 24.1 Å². The van der Waals surface area contributed by atoms with Crippen molar-refractivity contribution in [3.8, 4) is 6.07 Å². The summed E-state index contributed by atoms with van der Waals surface area (Å²) in [5.41, 5.74) is 3.12. The minimum absolute atomic E-state index is 0.165. The number of benzene rings is 1. The highest BCUT2D eigenvalue weighted by Gasteiger charge is 2.04. The van der Waals surface area contributed by atoms with Crippen molar-refractivity contribution in [3.63, 3.8) is 0 Å². The van der Waals surface area contributed by atoms with Crippen LogP contribution < -0.4 is 5.32 Å². The predicted molar refractivity (Wildman–Crippen MR) is 67.4 cm³/mol. The quantitative estimate of drug-likeness (QED) is 0.893. The van der Waals surface area contributed by atoms with Gasteiger partial charge in [0.05, 0.1) is 11.6 Å². The molecular formula is C12H12Cl2N2. The molecule has 0 aliphatic carbocycles. The molecule has 1 N–H and O–H groups in total. The van der Waals surface area contributed by atoms with E-state index in [1.165, 1.54) is 5.54 Å². The maximum atomic E-state index is 8.67. The van der Waals surface area contributed by atoms with Gasteiger partial charge in [-0.15, -0.1) is 0 Å². The van der Waals surface area contributed by atoms with Crippen LogP contribution in [0.25, 0.3) is 0 Å². The van der Waals surface area contributed by atoms with E-state index in [-0.39, 0.29) is 6.04 Å². The Balaban J connectivity index is 2.60. The van der Waals surface area contributed by atoms with Gasteiger partial charge >= 0.3 is 0 Å². The Morgan fingerprint density at radius 2 is 2.12 bits per heavy atom. The fourth-order valence-electron chi connectivity index (χ4n) is 1.25. The topological polar surface area (TPSA) is 35.8 Å². The van der Waals surface area contributed by atoms with Crippen molar-refractivity contribution in [1.82, 2.24) is 5.32 Å². The third kappa shape index (κ3) is 3.86. The Morgan fingerprint density at radius 1 is 1.50 bits per heavy atom. The molecule has 0 saturated carbocycles. The van der Waals surface area contributed by atoms with E-state index in [9.17, 15) is 0 Å². The summed E-state index contributed by atoms with van der Waals surface area (Å²) in [4.78, 5) is 0. The van der Waals surface area contributed by atoms with E-state index in [2.05, 4.69) is 11.4 Å². The average molecular weight is 255 g/mol. The predicted octanol–water partition coefficient (Wildman–Crippen LogP) is 3.53. The third-order valence-corrected chi connectivity index (χ3v) is 2.85. The molecule has 1 aromatic rings. The van der Waals surface area contributed by atoms with Gasteiger partial charge in [-0.2, -0.15) is 5.26 Å². The summed E-state index contributed by atoms with van der Waals surface area (Å²) in [7, 11) is 0. The van der Waals surface area contributed by atoms with Gasteiger partial charge in [0.15, 0.2) is 0 Å². The second-order valence-corrected chi connectivity index (χ2v) is 4.10. The van der Waals surface area contributed by atoms with Crippen LogP contribution in [0.5, 0.6) is 0 Å². The fourth-order valence-corrected chi connectivity index (χ4v) is 1.41. The number of rotatable bonds is 4. The van der Waals surface area contributed by atoms with Crippen molar-refractivity contribution in [2.75, 3.05) is 6.54 Å². The molecule has 0 radical (unpaired) electrons. The summed E-state index contributed by atoms with van der Waals surface area (Å²) in [6.07, 6.45) is 0. The normalized spacial score (nSPS) is 13.2. The smallest absolute Gasteiger partial charge is 0.0991 e. The standard InChI is InChI=1S/C12H12Cl2N2/c1-9(16-8-12(14)6-13)11-4-2-10(7-15)3-5-11/h2-6,9,16H,8H2,1H3. The number of hydrogen-bond acceptors (Lipinski definition) is 2. The van der Waals surface area contributed by atoms with Crippen LogP contribution >= 0.6 is 23.2 Å². The van der Waals surface area contributed by atoms with Crippen molar-refractivity contribution < 1.29 is 0 Å². The molecule has 84 valence electrons. The number of hydrogen-bond donors (Lipinski definition) is 1. The van der Waals surface area contributed by atoms with Crippen molar-refractivity contribution >= 4 is 23.2 Å². The molecule has 1 rings (SSSR count). The molecule has 0 saturated heterocycles. The van der Waals surface area contributed by atoms with Crippen LogP contribution in [0.15, 0.2) is 34.8 Å². The molecule has 1 atom stereocenters. The largest absolute Gasteiger partial charge is 0.305 e. The van der Waals surface area contributed by atoms with Crippen LogP contribution in [-0.2, 0) is 0 Å². The minimum Gasteiger partial charge on any atom is -0.305 e. The lowest BCUT2D eigenvalue weighted by Gasteiger charge is -2.13. The molecule has 0 amide bonds. The van der Waals surface area contributed by atoms with Gasteiger partial charge in [0, 0.05) is 23.2 Å². The zero-order valence-corrected chi connectivity index (χ0v) is 10.4. The SMILES string of the molecule is CC(NCC(Cl)=CCl)c1ccc(C#N)cc1. The first-order chi connectivity index (χ1) is 7.67. The Morgan fingerprint density at radius 3 is 2.62 bits per heavy atom. The van der Waals surface area contributed by atoms with Gasteiger partial charge in [0.1, 0.15) is 0 Å². The second kappa shape index (κ2) is 6.55. The van der Waals surface area contributed by atoms with Crippen LogP contribution in [0.3, 0.4) is 0 Å². The van der Waals surface area contributed by atoms with Crippen LogP contribution in [0.2, 0.25) is 0 Å². The first kappa shape index (κ1) is 13.1. The lowest BCUT2D eigenvalue weighted by molar-refractivity contribution is 0.614. The van der Waals surface area contributed by atoms with Gasteiger partial charge in [0.25, 0.3) is 0 Å². The number of nitriles is 1. The van der Waals surface area contributed by atoms with Gasteiger partial charge in [-0.1, -0.05) is 35.3 Å². The second-order valence-electron chi connectivity index (χ2n) is 3.39. The molecule has 16 heavy (non-hydrogen) atoms. The van der Waals surface area contributed by atoms with Gasteiger partial charge in [-0.25, -0.2) is 0 Å². The maximum absolute atomic E-state index is 8.67. The average Bonchev–Trinajstić information content (AvgIpc) is 2.35. The summed E-state index contributed by atoms with van der Waals surface area (Å²) in [5, 5.41) is 12.5. The van der Waals surface area contributed by atoms with Crippen LogP contribution in [0, 0.1) is 11.3 Å². The van der Waals surface area contributed by atoms with Gasteiger partial charge < -0.3 is 5.32 Å². The Hall–Kier alpha value is -1.01. The molecule has 0 aliphatic rings. The highest BCUT2D eigenvalue weighted by Crippen LogP contribution is 2.14. The van der Waals surface area contributed by atoms with Crippen LogP contribution in [0.4, 0.5) is 0 Å². The summed E-state index contributed by atoms with van der Waals surface area (Å²) >= 11 is 11.2. The van der Waals surface area contributed by atoms with E-state index in [0.29, 0.717) is 17.1 Å². The third-order valence-electron chi connectivity index (χ3n) is 2.24. The lowest BCUT2D eigenvalue weighted by Crippen LogP contribution is -2.19. The molecule has 0 spiro atoms. The monoisotopic (exact) mass is 254 g/mol. The lowest BCUT2D eigenvalue weighted by atomic mass is 10.1. The van der Waals surface area contributed by atoms with E-state index >= 15 is 0 Å². The summed E-state index contributed by atoms with van der Waals surface area (Å²) in [6.45, 7) is 2.56. The van der Waals surface area contributed by atoms with Crippen molar-refractivity contribution in [3.05, 3.63) is 46.0 Å². The Bertz CT molecular complexity index is 404. The molecule has 0 fully saturated rings. The number of nitrogens with one attached hydrogen (secondary N) is 1. The van der Waals surface area contributed by atoms with Gasteiger partial charge in [0.2, 0.25) is 0 Å². The van der Waals surface area contributed by atoms with Crippen molar-refractivity contribution in [1.29, 1.82) is 5.26 Å². The molecule has 0 heterocycles. The summed E-state index contributed by atoms with van der Waals surface area (Å²) in [6, 6.07) is 9.70. The first-order valence-corrected chi connectivity index (χ1v) is 5.67. The maximum Gasteiger partial charge on any atom is 0.0991 e. The zero-order chi connectivity index (χ0) is 12.0. The van der Waals surface area contributed by atoms with Gasteiger partial charge in [-0.3, -0.25) is 0 Å². The highest BCUT2D eigenvalue weighted by atomic mass is 35.5. The minimum atomic E-state index is 0.165. The number of nitrogens with zero attached hydrogens (tertiary/aromatic N) is 1. The molecule has 1 unspecified atom stereocenters. The van der Waals surface area contributed by atoms with Crippen LogP contribution in [-0.4, -0.2) is 6.54 Å². The molecule has 0 aromatic heterocycles. The van der Waals surface area contributed by atoms with E-state index in [4.69, 9.17) is 28.5 Å². The summed E-state index contributed by atoms with van der Waals surface area (Å²) in [5.74, 6) is 0. The van der Waals surface area contributed by atoms with Crippen molar-refractivity contribution in [2.24, 2.45) is 0 Å². The van der Waals surface area contributed by atoms with E-state index in [1.54, 1.807) is 12.1 Å². The van der Waals surface area contributed by atoms with Gasteiger partial charge in [-0.05, 0) is 24.6 Å². The van der Waals surface area contributed by atoms with Crippen molar-refractivity contribution in [2.45, 2.75) is 13.0 Å². The molecular weight excluding hydrogens is 243 g/mol. The fraction of sp³-hybridized carbons (Fsp3) is 0.250. The van der Waals surface area contributed by atoms with E-state index < -0.39 is 0 Å². The Kier molecular flexibility index (Phi) is 5.34. The molecule has 0 bridgehead atoms. The molecule has 4 heteroatoms. The van der Waals surface area contributed by atoms with E-state index in [1.807, 2.05) is 19.1 Å². The molecule has 2 nitrogen and oxygen atoms in total. The first-order valence-electron chi connectivity index (χ1n) is 4.85. The zero-order valence-electron chi connectivity index (χ0n) is 8.87. The molecule has 1 aromatic carbocycles. The van der Waals surface area contributed by atoms with E-state index in [0.717, 1.165) is 5.56 Å².